The van der Waals surface area contributed by atoms with E-state index in [-0.39, 0.29) is 0 Å². The Morgan fingerprint density at radius 1 is 1.12 bits per heavy atom. The molecule has 1 aromatic heterocycles. The molecule has 3 aromatic rings. The summed E-state index contributed by atoms with van der Waals surface area (Å²) in [6, 6.07) is 20.4. The molecule has 2 aromatic carbocycles. The summed E-state index contributed by atoms with van der Waals surface area (Å²) in [6.45, 7) is 9.14. The number of likely N-dealkylation sites (tertiary alicyclic amines) is 1. The standard InChI is InChI=1S/C33H32ClN5.C2H5N/c1-22(39-17-6-5-10-27(39)20-35)24-8-7-9-25(18-24)29-19-32(28-11-3-2-4-12-31(28)37)38-33(30(29)21-36)23-13-15-26(34)16-14-23;1-2-3/h2-4,7-9,12-16,18-19,27H,1,5-6,10-11,17,20,35,37H2;2H,1,3H2. The molecule has 0 saturated carbocycles. The monoisotopic (exact) mass is 576 g/mol. The van der Waals surface area contributed by atoms with Gasteiger partial charge in [0.25, 0.3) is 0 Å². The molecule has 6 N–H and O–H groups in total. The minimum Gasteiger partial charge on any atom is -0.405 e. The van der Waals surface area contributed by atoms with Crippen molar-refractivity contribution in [1.82, 2.24) is 9.88 Å². The van der Waals surface area contributed by atoms with Crippen molar-refractivity contribution in [3.05, 3.63) is 126 Å². The predicted octanol–water partition coefficient (Wildman–Crippen LogP) is 7.00. The zero-order valence-electron chi connectivity index (χ0n) is 23.8. The van der Waals surface area contributed by atoms with E-state index in [0.29, 0.717) is 41.0 Å². The van der Waals surface area contributed by atoms with Gasteiger partial charge in [-0.05, 0) is 73.4 Å². The van der Waals surface area contributed by atoms with Gasteiger partial charge in [0, 0.05) is 52.2 Å². The van der Waals surface area contributed by atoms with Gasteiger partial charge < -0.3 is 22.1 Å². The summed E-state index contributed by atoms with van der Waals surface area (Å²) in [6.07, 6.45) is 13.1. The first-order chi connectivity index (χ1) is 20.4. The maximum atomic E-state index is 10.4. The first-order valence-electron chi connectivity index (χ1n) is 14.0. The quantitative estimate of drug-likeness (QED) is 0.291. The number of benzene rings is 2. The van der Waals surface area contributed by atoms with E-state index in [2.05, 4.69) is 48.1 Å². The summed E-state index contributed by atoms with van der Waals surface area (Å²) in [5.41, 5.74) is 25.1. The number of pyridine rings is 1. The minimum atomic E-state index is 0.292. The Morgan fingerprint density at radius 3 is 2.60 bits per heavy atom. The summed E-state index contributed by atoms with van der Waals surface area (Å²) in [7, 11) is 0. The van der Waals surface area contributed by atoms with E-state index in [0.717, 1.165) is 58.6 Å². The molecule has 1 atom stereocenters. The van der Waals surface area contributed by atoms with Crippen LogP contribution in [0.4, 0.5) is 0 Å². The second-order valence-corrected chi connectivity index (χ2v) is 10.6. The van der Waals surface area contributed by atoms with Gasteiger partial charge in [0.2, 0.25) is 0 Å². The van der Waals surface area contributed by atoms with E-state index < -0.39 is 0 Å². The topological polar surface area (TPSA) is 118 Å². The van der Waals surface area contributed by atoms with Crippen molar-refractivity contribution in [3.8, 4) is 28.5 Å². The van der Waals surface area contributed by atoms with Gasteiger partial charge in [-0.2, -0.15) is 5.26 Å². The van der Waals surface area contributed by atoms with E-state index in [4.69, 9.17) is 28.1 Å². The van der Waals surface area contributed by atoms with Crippen molar-refractivity contribution in [2.75, 3.05) is 13.1 Å². The Kier molecular flexibility index (Phi) is 10.4. The van der Waals surface area contributed by atoms with Crippen LogP contribution in [0.2, 0.25) is 5.02 Å². The van der Waals surface area contributed by atoms with Crippen LogP contribution in [0.3, 0.4) is 0 Å². The van der Waals surface area contributed by atoms with Crippen molar-refractivity contribution in [2.24, 2.45) is 17.2 Å². The van der Waals surface area contributed by atoms with E-state index in [1.54, 1.807) is 0 Å². The third kappa shape index (κ3) is 6.83. The molecule has 0 spiro atoms. The normalized spacial score (nSPS) is 16.2. The lowest BCUT2D eigenvalue weighted by molar-refractivity contribution is 0.233. The fourth-order valence-electron chi connectivity index (χ4n) is 5.38. The lowest BCUT2D eigenvalue weighted by atomic mass is 9.92. The van der Waals surface area contributed by atoms with Crippen molar-refractivity contribution < 1.29 is 0 Å². The minimum absolute atomic E-state index is 0.292. The largest absolute Gasteiger partial charge is 0.405 e. The highest BCUT2D eigenvalue weighted by Crippen LogP contribution is 2.37. The van der Waals surface area contributed by atoms with Crippen LogP contribution >= 0.6 is 11.6 Å². The molecule has 2 heterocycles. The van der Waals surface area contributed by atoms with Gasteiger partial charge in [-0.25, -0.2) is 4.98 Å². The number of nitrogens with two attached hydrogens (primary N) is 3. The lowest BCUT2D eigenvalue weighted by Gasteiger charge is -2.38. The number of nitrogens with zero attached hydrogens (tertiary/aromatic N) is 3. The number of hydrogen-bond acceptors (Lipinski definition) is 6. The molecular weight excluding hydrogens is 540 g/mol. The van der Waals surface area contributed by atoms with Crippen molar-refractivity contribution in [2.45, 2.75) is 31.7 Å². The molecule has 7 heteroatoms. The lowest BCUT2D eigenvalue weighted by Crippen LogP contribution is -2.42. The number of hydrogen-bond donors (Lipinski definition) is 3. The van der Waals surface area contributed by atoms with Gasteiger partial charge in [-0.3, -0.25) is 0 Å². The van der Waals surface area contributed by atoms with E-state index in [9.17, 15) is 5.26 Å². The number of piperidine rings is 1. The first-order valence-corrected chi connectivity index (χ1v) is 14.4. The number of rotatable bonds is 6. The van der Waals surface area contributed by atoms with Gasteiger partial charge in [-0.15, -0.1) is 0 Å². The molecule has 1 aliphatic carbocycles. The Balaban J connectivity index is 0.00000129. The van der Waals surface area contributed by atoms with Crippen LogP contribution < -0.4 is 17.2 Å². The van der Waals surface area contributed by atoms with Gasteiger partial charge in [-0.1, -0.05) is 73.3 Å². The summed E-state index contributed by atoms with van der Waals surface area (Å²) < 4.78 is 0. The Hall–Kier alpha value is -4.57. The molecule has 0 radical (unpaired) electrons. The maximum Gasteiger partial charge on any atom is 0.102 e. The van der Waals surface area contributed by atoms with Crippen LogP contribution in [-0.4, -0.2) is 29.0 Å². The second kappa shape index (κ2) is 14.4. The van der Waals surface area contributed by atoms with Crippen molar-refractivity contribution >= 4 is 22.9 Å². The number of allylic oxidation sites excluding steroid dienone is 5. The predicted molar refractivity (Wildman–Crippen MR) is 176 cm³/mol. The Labute approximate surface area is 253 Å². The highest BCUT2D eigenvalue weighted by atomic mass is 35.5. The second-order valence-electron chi connectivity index (χ2n) is 10.2. The van der Waals surface area contributed by atoms with Crippen LogP contribution in [0.15, 0.2) is 104 Å². The third-order valence-electron chi connectivity index (χ3n) is 7.50. The summed E-state index contributed by atoms with van der Waals surface area (Å²) in [5.74, 6) is 0. The molecule has 0 amide bonds. The van der Waals surface area contributed by atoms with Gasteiger partial charge in [0.15, 0.2) is 0 Å². The van der Waals surface area contributed by atoms with Crippen LogP contribution in [-0.2, 0) is 0 Å². The number of nitriles is 1. The van der Waals surface area contributed by atoms with Crippen LogP contribution in [0.1, 0.15) is 42.5 Å². The van der Waals surface area contributed by atoms with Gasteiger partial charge >= 0.3 is 0 Å². The van der Waals surface area contributed by atoms with Crippen LogP contribution in [0.5, 0.6) is 0 Å². The molecule has 6 nitrogen and oxygen atoms in total. The highest BCUT2D eigenvalue weighted by molar-refractivity contribution is 6.30. The molecular formula is C35H37ClN6. The van der Waals surface area contributed by atoms with E-state index >= 15 is 0 Å². The van der Waals surface area contributed by atoms with Crippen molar-refractivity contribution in [3.63, 3.8) is 0 Å². The van der Waals surface area contributed by atoms with Crippen LogP contribution in [0, 0.1) is 11.3 Å². The van der Waals surface area contributed by atoms with Crippen LogP contribution in [0.25, 0.3) is 33.7 Å². The molecule has 214 valence electrons. The molecule has 1 unspecified atom stereocenters. The fourth-order valence-corrected chi connectivity index (χ4v) is 5.51. The zero-order valence-corrected chi connectivity index (χ0v) is 24.5. The van der Waals surface area contributed by atoms with Crippen molar-refractivity contribution in [1.29, 1.82) is 5.26 Å². The SMILES string of the molecule is C=C(c1cccc(-c2cc(C3=C(N)C=CC=CC3)nc(-c3ccc(Cl)cc3)c2C#N)c1)N1CCCCC1CN.C=CN. The number of halogens is 1. The summed E-state index contributed by atoms with van der Waals surface area (Å²) in [5, 5.41) is 11.0. The third-order valence-corrected chi connectivity index (χ3v) is 7.76. The maximum absolute atomic E-state index is 10.4. The average Bonchev–Trinajstić information content (AvgIpc) is 3.25. The molecule has 2 aliphatic rings. The molecule has 1 saturated heterocycles. The molecule has 5 rings (SSSR count). The zero-order chi connectivity index (χ0) is 30.1. The Bertz CT molecular complexity index is 1580. The average molecular weight is 577 g/mol. The van der Waals surface area contributed by atoms with Gasteiger partial charge in [0.05, 0.1) is 17.0 Å². The molecule has 1 aliphatic heterocycles. The number of aromatic nitrogens is 1. The molecule has 1 fully saturated rings. The van der Waals surface area contributed by atoms with E-state index in [1.165, 1.54) is 12.6 Å². The van der Waals surface area contributed by atoms with E-state index in [1.807, 2.05) is 60.7 Å². The fraction of sp³-hybridized carbons (Fsp3) is 0.200. The highest BCUT2D eigenvalue weighted by Gasteiger charge is 2.24. The summed E-state index contributed by atoms with van der Waals surface area (Å²) >= 11 is 6.18. The van der Waals surface area contributed by atoms with Gasteiger partial charge in [0.1, 0.15) is 6.07 Å². The first kappa shape index (κ1) is 30.4. The molecule has 0 bridgehead atoms. The summed E-state index contributed by atoms with van der Waals surface area (Å²) in [4.78, 5) is 7.32. The smallest absolute Gasteiger partial charge is 0.102 e. The molecule has 42 heavy (non-hydrogen) atoms. The Morgan fingerprint density at radius 2 is 1.88 bits per heavy atom.